The first-order valence-electron chi connectivity index (χ1n) is 5.46. The first-order valence-corrected chi connectivity index (χ1v) is 7.13. The predicted octanol–water partition coefficient (Wildman–Crippen LogP) is 3.66. The van der Waals surface area contributed by atoms with E-state index < -0.39 is 0 Å². The Kier molecular flexibility index (Phi) is 5.97. The van der Waals surface area contributed by atoms with Crippen LogP contribution in [0.2, 0.25) is 0 Å². The molecule has 0 aliphatic rings. The van der Waals surface area contributed by atoms with Crippen molar-refractivity contribution in [3.8, 4) is 0 Å². The van der Waals surface area contributed by atoms with Crippen molar-refractivity contribution in [2.75, 3.05) is 20.3 Å². The fraction of sp³-hybridized carbons (Fsp3) is 0.667. The first kappa shape index (κ1) is 14.2. The highest BCUT2D eigenvalue weighted by Gasteiger charge is 2.16. The quantitative estimate of drug-likeness (QED) is 0.830. The minimum Gasteiger partial charge on any atom is -0.385 e. The van der Waals surface area contributed by atoms with Gasteiger partial charge in [0.2, 0.25) is 0 Å². The molecule has 4 heteroatoms. The Morgan fingerprint density at radius 2 is 2.25 bits per heavy atom. The number of hydrogen-bond donors (Lipinski definition) is 1. The van der Waals surface area contributed by atoms with Gasteiger partial charge < -0.3 is 10.1 Å². The molecule has 1 heterocycles. The van der Waals surface area contributed by atoms with Crippen molar-refractivity contribution >= 4 is 27.3 Å². The molecule has 0 saturated heterocycles. The Labute approximate surface area is 111 Å². The average Bonchev–Trinajstić information content (AvgIpc) is 2.61. The lowest BCUT2D eigenvalue weighted by Gasteiger charge is -2.24. The molecule has 1 N–H and O–H groups in total. The van der Waals surface area contributed by atoms with E-state index in [1.165, 1.54) is 9.35 Å². The molecular weight excluding hydrogens is 286 g/mol. The third-order valence-electron chi connectivity index (χ3n) is 2.51. The largest absolute Gasteiger partial charge is 0.385 e. The van der Waals surface area contributed by atoms with Gasteiger partial charge in [-0.1, -0.05) is 13.8 Å². The molecular formula is C12H20BrNOS. The van der Waals surface area contributed by atoms with Crippen LogP contribution in [0.15, 0.2) is 15.9 Å². The summed E-state index contributed by atoms with van der Waals surface area (Å²) < 4.78 is 6.29. The molecule has 0 radical (unpaired) electrons. The van der Waals surface area contributed by atoms with Gasteiger partial charge in [-0.15, -0.1) is 11.3 Å². The molecule has 0 atom stereocenters. The van der Waals surface area contributed by atoms with E-state index in [0.29, 0.717) is 5.41 Å². The SMILES string of the molecule is COCCC(C)(C)CNCc1cc(Br)cs1. The maximum atomic E-state index is 5.11. The van der Waals surface area contributed by atoms with Crippen LogP contribution in [-0.4, -0.2) is 20.3 Å². The van der Waals surface area contributed by atoms with Crippen molar-refractivity contribution in [2.24, 2.45) is 5.41 Å². The van der Waals surface area contributed by atoms with Gasteiger partial charge in [-0.3, -0.25) is 0 Å². The zero-order valence-corrected chi connectivity index (χ0v) is 12.6. The summed E-state index contributed by atoms with van der Waals surface area (Å²) >= 11 is 5.25. The summed E-state index contributed by atoms with van der Waals surface area (Å²) in [5, 5.41) is 5.62. The van der Waals surface area contributed by atoms with Crippen LogP contribution in [0.5, 0.6) is 0 Å². The number of ether oxygens (including phenoxy) is 1. The molecule has 0 fully saturated rings. The fourth-order valence-corrected chi connectivity index (χ4v) is 2.86. The monoisotopic (exact) mass is 305 g/mol. The van der Waals surface area contributed by atoms with Crippen LogP contribution in [0.1, 0.15) is 25.1 Å². The Morgan fingerprint density at radius 1 is 1.50 bits per heavy atom. The van der Waals surface area contributed by atoms with Crippen LogP contribution in [-0.2, 0) is 11.3 Å². The average molecular weight is 306 g/mol. The first-order chi connectivity index (χ1) is 7.53. The molecule has 0 aliphatic carbocycles. The van der Waals surface area contributed by atoms with E-state index in [1.54, 1.807) is 18.4 Å². The molecule has 0 unspecified atom stereocenters. The molecule has 1 aromatic heterocycles. The van der Waals surface area contributed by atoms with Gasteiger partial charge in [-0.25, -0.2) is 0 Å². The summed E-state index contributed by atoms with van der Waals surface area (Å²) in [5.41, 5.74) is 0.296. The Hall–Kier alpha value is 0.1000. The second-order valence-electron chi connectivity index (χ2n) is 4.74. The fourth-order valence-electron chi connectivity index (χ4n) is 1.44. The van der Waals surface area contributed by atoms with Crippen LogP contribution in [0.3, 0.4) is 0 Å². The lowest BCUT2D eigenvalue weighted by atomic mass is 9.90. The topological polar surface area (TPSA) is 21.3 Å². The minimum atomic E-state index is 0.296. The Balaban J connectivity index is 2.24. The van der Waals surface area contributed by atoms with Crippen molar-refractivity contribution < 1.29 is 4.74 Å². The predicted molar refractivity (Wildman–Crippen MR) is 74.0 cm³/mol. The lowest BCUT2D eigenvalue weighted by molar-refractivity contribution is 0.150. The molecule has 2 nitrogen and oxygen atoms in total. The van der Waals surface area contributed by atoms with Gasteiger partial charge in [0.1, 0.15) is 0 Å². The zero-order chi connectivity index (χ0) is 12.0. The Bertz CT molecular complexity index is 312. The standard InChI is InChI=1S/C12H20BrNOS/c1-12(2,4-5-15-3)9-14-7-11-6-10(13)8-16-11/h6,8,14H,4-5,7,9H2,1-3H3. The maximum Gasteiger partial charge on any atom is 0.0467 e. The minimum absolute atomic E-state index is 0.296. The summed E-state index contributed by atoms with van der Waals surface area (Å²) in [4.78, 5) is 1.37. The van der Waals surface area contributed by atoms with Crippen molar-refractivity contribution in [1.82, 2.24) is 5.32 Å². The molecule has 1 aromatic rings. The molecule has 0 aromatic carbocycles. The van der Waals surface area contributed by atoms with E-state index >= 15 is 0 Å². The van der Waals surface area contributed by atoms with Crippen LogP contribution < -0.4 is 5.32 Å². The van der Waals surface area contributed by atoms with E-state index in [1.807, 2.05) is 0 Å². The van der Waals surface area contributed by atoms with E-state index in [0.717, 1.165) is 26.1 Å². The second kappa shape index (κ2) is 6.74. The molecule has 0 saturated carbocycles. The zero-order valence-electron chi connectivity index (χ0n) is 10.2. The van der Waals surface area contributed by atoms with Crippen LogP contribution in [0.4, 0.5) is 0 Å². The normalized spacial score (nSPS) is 12.0. The Morgan fingerprint density at radius 3 is 2.81 bits per heavy atom. The highest BCUT2D eigenvalue weighted by atomic mass is 79.9. The summed E-state index contributed by atoms with van der Waals surface area (Å²) in [5.74, 6) is 0. The number of rotatable bonds is 7. The third kappa shape index (κ3) is 5.43. The van der Waals surface area contributed by atoms with Gasteiger partial charge >= 0.3 is 0 Å². The number of methoxy groups -OCH3 is 1. The van der Waals surface area contributed by atoms with E-state index in [9.17, 15) is 0 Å². The summed E-state index contributed by atoms with van der Waals surface area (Å²) in [6, 6.07) is 2.17. The summed E-state index contributed by atoms with van der Waals surface area (Å²) in [6.07, 6.45) is 1.09. The van der Waals surface area contributed by atoms with Crippen LogP contribution >= 0.6 is 27.3 Å². The smallest absolute Gasteiger partial charge is 0.0467 e. The number of halogens is 1. The molecule has 16 heavy (non-hydrogen) atoms. The molecule has 0 aliphatic heterocycles. The van der Waals surface area contributed by atoms with Crippen molar-refractivity contribution in [3.63, 3.8) is 0 Å². The lowest BCUT2D eigenvalue weighted by Crippen LogP contribution is -2.29. The van der Waals surface area contributed by atoms with Gasteiger partial charge in [0, 0.05) is 41.5 Å². The molecule has 92 valence electrons. The third-order valence-corrected chi connectivity index (χ3v) is 4.21. The van der Waals surface area contributed by atoms with Gasteiger partial charge in [-0.05, 0) is 33.8 Å². The van der Waals surface area contributed by atoms with Crippen molar-refractivity contribution in [2.45, 2.75) is 26.8 Å². The van der Waals surface area contributed by atoms with Gasteiger partial charge in [0.15, 0.2) is 0 Å². The second-order valence-corrected chi connectivity index (χ2v) is 6.65. The molecule has 0 bridgehead atoms. The van der Waals surface area contributed by atoms with Crippen molar-refractivity contribution in [3.05, 3.63) is 20.8 Å². The van der Waals surface area contributed by atoms with Gasteiger partial charge in [0.25, 0.3) is 0 Å². The number of thiophene rings is 1. The van der Waals surface area contributed by atoms with E-state index in [2.05, 4.69) is 46.5 Å². The van der Waals surface area contributed by atoms with Gasteiger partial charge in [0.05, 0.1) is 0 Å². The number of hydrogen-bond acceptors (Lipinski definition) is 3. The molecule has 0 spiro atoms. The van der Waals surface area contributed by atoms with E-state index in [-0.39, 0.29) is 0 Å². The maximum absolute atomic E-state index is 5.11. The summed E-state index contributed by atoms with van der Waals surface area (Å²) in [6.45, 7) is 7.34. The van der Waals surface area contributed by atoms with Crippen LogP contribution in [0.25, 0.3) is 0 Å². The highest BCUT2D eigenvalue weighted by Crippen LogP contribution is 2.21. The summed E-state index contributed by atoms with van der Waals surface area (Å²) in [7, 11) is 1.76. The van der Waals surface area contributed by atoms with E-state index in [4.69, 9.17) is 4.74 Å². The highest BCUT2D eigenvalue weighted by molar-refractivity contribution is 9.10. The van der Waals surface area contributed by atoms with Crippen LogP contribution in [0, 0.1) is 5.41 Å². The van der Waals surface area contributed by atoms with Gasteiger partial charge in [-0.2, -0.15) is 0 Å². The number of nitrogens with one attached hydrogen (secondary N) is 1. The molecule has 0 amide bonds. The molecule has 1 rings (SSSR count). The van der Waals surface area contributed by atoms with Crippen molar-refractivity contribution in [1.29, 1.82) is 0 Å².